The van der Waals surface area contributed by atoms with Gasteiger partial charge in [0.05, 0.1) is 25.5 Å². The molecule has 18 heavy (non-hydrogen) atoms. The van der Waals surface area contributed by atoms with Gasteiger partial charge in [0.2, 0.25) is 5.91 Å². The van der Waals surface area contributed by atoms with Crippen LogP contribution in [0.25, 0.3) is 0 Å². The summed E-state index contributed by atoms with van der Waals surface area (Å²) in [6.07, 6.45) is 13.9. The number of aromatic nitrogens is 2. The quantitative estimate of drug-likeness (QED) is 0.581. The van der Waals surface area contributed by atoms with E-state index in [1.54, 1.807) is 6.20 Å². The maximum absolute atomic E-state index is 11.7. The molecule has 0 aliphatic heterocycles. The van der Waals surface area contributed by atoms with Crippen molar-refractivity contribution in [3.05, 3.63) is 18.7 Å². The number of amides is 1. The van der Waals surface area contributed by atoms with Gasteiger partial charge in [-0.2, -0.15) is 0 Å². The van der Waals surface area contributed by atoms with Crippen LogP contribution < -0.4 is 10.6 Å². The lowest BCUT2D eigenvalue weighted by Gasteiger charge is -2.22. The minimum atomic E-state index is 0.00210. The zero-order valence-corrected chi connectivity index (χ0v) is 10.3. The molecule has 1 saturated carbocycles. The molecule has 0 bridgehead atoms. The molecule has 1 heterocycles. The average molecular weight is 246 g/mol. The molecule has 0 saturated heterocycles. The second-order valence-electron chi connectivity index (χ2n) is 4.49. The Kier molecular flexibility index (Phi) is 4.37. The van der Waals surface area contributed by atoms with Gasteiger partial charge in [-0.05, 0) is 19.3 Å². The minimum absolute atomic E-state index is 0.00210. The van der Waals surface area contributed by atoms with Crippen LogP contribution in [0.1, 0.15) is 25.3 Å². The van der Waals surface area contributed by atoms with E-state index in [2.05, 4.69) is 26.1 Å². The van der Waals surface area contributed by atoms with Crippen LogP contribution in [-0.4, -0.2) is 34.6 Å². The summed E-state index contributed by atoms with van der Waals surface area (Å²) in [5, 5.41) is 5.95. The molecule has 1 aliphatic rings. The van der Waals surface area contributed by atoms with E-state index in [1.807, 2.05) is 12.5 Å². The standard InChI is InChI=1S/C13H18N4O/c1-2-6-14-9-13(18)16-11-4-3-5-12(11)17-8-7-15-10-17/h1,7-8,10-12,14H,3-6,9H2,(H,16,18). The van der Waals surface area contributed by atoms with Crippen LogP contribution in [0.15, 0.2) is 18.7 Å². The third kappa shape index (κ3) is 3.11. The van der Waals surface area contributed by atoms with Crippen molar-refractivity contribution < 1.29 is 4.79 Å². The summed E-state index contributed by atoms with van der Waals surface area (Å²) in [6, 6.07) is 0.517. The molecule has 2 atom stereocenters. The molecule has 2 rings (SSSR count). The third-order valence-electron chi connectivity index (χ3n) is 3.25. The smallest absolute Gasteiger partial charge is 0.234 e. The monoisotopic (exact) mass is 246 g/mol. The number of rotatable bonds is 5. The Labute approximate surface area is 107 Å². The highest BCUT2D eigenvalue weighted by Crippen LogP contribution is 2.29. The Balaban J connectivity index is 1.85. The highest BCUT2D eigenvalue weighted by molar-refractivity contribution is 5.78. The molecule has 1 aromatic rings. The van der Waals surface area contributed by atoms with E-state index in [-0.39, 0.29) is 18.5 Å². The molecule has 2 unspecified atom stereocenters. The van der Waals surface area contributed by atoms with Crippen LogP contribution in [0.5, 0.6) is 0 Å². The predicted octanol–water partition coefficient (Wildman–Crippen LogP) is 0.316. The van der Waals surface area contributed by atoms with Crippen LogP contribution in [0, 0.1) is 12.3 Å². The third-order valence-corrected chi connectivity index (χ3v) is 3.25. The predicted molar refractivity (Wildman–Crippen MR) is 68.7 cm³/mol. The van der Waals surface area contributed by atoms with Crippen molar-refractivity contribution in [2.45, 2.75) is 31.3 Å². The van der Waals surface area contributed by atoms with Gasteiger partial charge in [0.25, 0.3) is 0 Å². The van der Waals surface area contributed by atoms with E-state index in [1.165, 1.54) is 0 Å². The summed E-state index contributed by atoms with van der Waals surface area (Å²) in [5.74, 6) is 2.45. The van der Waals surface area contributed by atoms with E-state index in [4.69, 9.17) is 6.42 Å². The molecule has 0 aromatic carbocycles. The zero-order chi connectivity index (χ0) is 12.8. The fourth-order valence-corrected chi connectivity index (χ4v) is 2.44. The number of hydrogen-bond acceptors (Lipinski definition) is 3. The first-order valence-electron chi connectivity index (χ1n) is 6.22. The van der Waals surface area contributed by atoms with E-state index < -0.39 is 0 Å². The minimum Gasteiger partial charge on any atom is -0.350 e. The molecule has 1 fully saturated rings. The van der Waals surface area contributed by atoms with Crippen LogP contribution in [0.3, 0.4) is 0 Å². The molecule has 1 aromatic heterocycles. The molecule has 0 radical (unpaired) electrons. The van der Waals surface area contributed by atoms with Crippen LogP contribution in [0.2, 0.25) is 0 Å². The van der Waals surface area contributed by atoms with Crippen molar-refractivity contribution >= 4 is 5.91 Å². The molecule has 0 spiro atoms. The number of carbonyl (C=O) groups is 1. The van der Waals surface area contributed by atoms with E-state index in [0.29, 0.717) is 12.6 Å². The molecule has 5 nitrogen and oxygen atoms in total. The fraction of sp³-hybridized carbons (Fsp3) is 0.538. The van der Waals surface area contributed by atoms with E-state index in [0.717, 1.165) is 19.3 Å². The number of imidazole rings is 1. The van der Waals surface area contributed by atoms with Gasteiger partial charge in [-0.1, -0.05) is 5.92 Å². The Morgan fingerprint density at radius 3 is 3.17 bits per heavy atom. The van der Waals surface area contributed by atoms with Crippen molar-refractivity contribution in [2.75, 3.05) is 13.1 Å². The van der Waals surface area contributed by atoms with Gasteiger partial charge < -0.3 is 9.88 Å². The van der Waals surface area contributed by atoms with E-state index >= 15 is 0 Å². The molecule has 96 valence electrons. The van der Waals surface area contributed by atoms with Gasteiger partial charge >= 0.3 is 0 Å². The first kappa shape index (κ1) is 12.7. The van der Waals surface area contributed by atoms with Crippen molar-refractivity contribution in [1.82, 2.24) is 20.2 Å². The van der Waals surface area contributed by atoms with Gasteiger partial charge in [-0.3, -0.25) is 10.1 Å². The first-order chi connectivity index (χ1) is 8.81. The topological polar surface area (TPSA) is 59.0 Å². The second-order valence-corrected chi connectivity index (χ2v) is 4.49. The lowest BCUT2D eigenvalue weighted by Crippen LogP contribution is -2.42. The molecule has 2 N–H and O–H groups in total. The molecule has 5 heteroatoms. The van der Waals surface area contributed by atoms with Crippen LogP contribution in [0.4, 0.5) is 0 Å². The molecule has 1 amide bonds. The summed E-state index contributed by atoms with van der Waals surface area (Å²) in [4.78, 5) is 15.8. The molecular formula is C13H18N4O. The van der Waals surface area contributed by atoms with Crippen molar-refractivity contribution in [3.63, 3.8) is 0 Å². The molecule has 1 aliphatic carbocycles. The summed E-state index contributed by atoms with van der Waals surface area (Å²) in [7, 11) is 0. The van der Waals surface area contributed by atoms with Gasteiger partial charge in [0.15, 0.2) is 0 Å². The maximum Gasteiger partial charge on any atom is 0.234 e. The zero-order valence-electron chi connectivity index (χ0n) is 10.3. The molecular weight excluding hydrogens is 228 g/mol. The number of nitrogens with zero attached hydrogens (tertiary/aromatic N) is 2. The average Bonchev–Trinajstić information content (AvgIpc) is 2.99. The largest absolute Gasteiger partial charge is 0.350 e. The van der Waals surface area contributed by atoms with Crippen LogP contribution in [-0.2, 0) is 4.79 Å². The van der Waals surface area contributed by atoms with Gasteiger partial charge in [0.1, 0.15) is 0 Å². The summed E-state index contributed by atoms with van der Waals surface area (Å²) >= 11 is 0. The highest BCUT2D eigenvalue weighted by atomic mass is 16.2. The maximum atomic E-state index is 11.7. The Morgan fingerprint density at radius 2 is 2.44 bits per heavy atom. The summed E-state index contributed by atoms with van der Waals surface area (Å²) < 4.78 is 2.08. The fourth-order valence-electron chi connectivity index (χ4n) is 2.44. The van der Waals surface area contributed by atoms with Crippen molar-refractivity contribution in [1.29, 1.82) is 0 Å². The Morgan fingerprint density at radius 1 is 1.56 bits per heavy atom. The number of carbonyl (C=O) groups excluding carboxylic acids is 1. The van der Waals surface area contributed by atoms with Crippen molar-refractivity contribution in [2.24, 2.45) is 0 Å². The number of terminal acetylenes is 1. The number of hydrogen-bond donors (Lipinski definition) is 2. The van der Waals surface area contributed by atoms with Gasteiger partial charge in [0, 0.05) is 18.4 Å². The van der Waals surface area contributed by atoms with Crippen molar-refractivity contribution in [3.8, 4) is 12.3 Å². The lowest BCUT2D eigenvalue weighted by atomic mass is 10.1. The number of nitrogens with one attached hydrogen (secondary N) is 2. The van der Waals surface area contributed by atoms with Gasteiger partial charge in [-0.25, -0.2) is 4.98 Å². The SMILES string of the molecule is C#CCNCC(=O)NC1CCCC1n1ccnc1. The lowest BCUT2D eigenvalue weighted by molar-refractivity contribution is -0.121. The van der Waals surface area contributed by atoms with Crippen LogP contribution >= 0.6 is 0 Å². The Hall–Kier alpha value is -1.80. The highest BCUT2D eigenvalue weighted by Gasteiger charge is 2.29. The van der Waals surface area contributed by atoms with E-state index in [9.17, 15) is 4.79 Å². The first-order valence-corrected chi connectivity index (χ1v) is 6.22. The summed E-state index contributed by atoms with van der Waals surface area (Å²) in [6.45, 7) is 0.695. The normalized spacial score (nSPS) is 22.6. The summed E-state index contributed by atoms with van der Waals surface area (Å²) in [5.41, 5.74) is 0. The Bertz CT molecular complexity index is 421. The van der Waals surface area contributed by atoms with Gasteiger partial charge in [-0.15, -0.1) is 6.42 Å². The second kappa shape index (κ2) is 6.22.